The van der Waals surface area contributed by atoms with Gasteiger partial charge >= 0.3 is 12.1 Å². The van der Waals surface area contributed by atoms with E-state index in [1.165, 1.54) is 12.1 Å². The molecule has 0 heterocycles. The number of carbonyl (C=O) groups is 1. The first-order valence-corrected chi connectivity index (χ1v) is 10.3. The molecule has 0 aliphatic heterocycles. The van der Waals surface area contributed by atoms with Crippen molar-refractivity contribution in [2.45, 2.75) is 45.2 Å². The Labute approximate surface area is 178 Å². The Hall–Kier alpha value is -2.21. The van der Waals surface area contributed by atoms with Crippen molar-refractivity contribution in [1.29, 1.82) is 0 Å². The standard InChI is InChI=1S/C23H24ClF3O3/c1-13(2)9-18(22(28)29)16-10-19(24)21(20(11-16)30-12-14-3-4-14)15-5-7-17(8-6-15)23(25,26)27/h5-8,10-11,13-14,18H,3-4,9,12H2,1-2H3,(H,28,29). The first kappa shape index (κ1) is 22.5. The van der Waals surface area contributed by atoms with Crippen LogP contribution in [0.3, 0.4) is 0 Å². The number of aliphatic carboxylic acids is 1. The first-order valence-electron chi connectivity index (χ1n) is 9.93. The Morgan fingerprint density at radius 2 is 1.83 bits per heavy atom. The van der Waals surface area contributed by atoms with Crippen LogP contribution in [0.2, 0.25) is 5.02 Å². The summed E-state index contributed by atoms with van der Waals surface area (Å²) in [5, 5.41) is 9.95. The number of carboxylic acids is 1. The third kappa shape index (κ3) is 5.48. The van der Waals surface area contributed by atoms with Crippen LogP contribution in [-0.4, -0.2) is 17.7 Å². The monoisotopic (exact) mass is 440 g/mol. The summed E-state index contributed by atoms with van der Waals surface area (Å²) in [6.45, 7) is 4.35. The van der Waals surface area contributed by atoms with Gasteiger partial charge in [-0.1, -0.05) is 37.6 Å². The minimum absolute atomic E-state index is 0.162. The second-order valence-corrected chi connectivity index (χ2v) is 8.63. The molecule has 0 spiro atoms. The van der Waals surface area contributed by atoms with Gasteiger partial charge < -0.3 is 9.84 Å². The predicted octanol–water partition coefficient (Wildman–Crippen LogP) is 7.03. The lowest BCUT2D eigenvalue weighted by atomic mass is 9.89. The molecule has 1 saturated carbocycles. The van der Waals surface area contributed by atoms with Gasteiger partial charge in [0.05, 0.1) is 23.1 Å². The van der Waals surface area contributed by atoms with Crippen LogP contribution in [0.15, 0.2) is 36.4 Å². The fraction of sp³-hybridized carbons (Fsp3) is 0.435. The maximum atomic E-state index is 12.9. The second kappa shape index (κ2) is 8.88. The van der Waals surface area contributed by atoms with E-state index < -0.39 is 23.6 Å². The summed E-state index contributed by atoms with van der Waals surface area (Å²) in [6, 6.07) is 7.97. The molecule has 7 heteroatoms. The number of rotatable bonds is 8. The van der Waals surface area contributed by atoms with Crippen LogP contribution in [0.4, 0.5) is 13.2 Å². The molecule has 1 N–H and O–H groups in total. The van der Waals surface area contributed by atoms with Crippen LogP contribution < -0.4 is 4.74 Å². The Bertz CT molecular complexity index is 903. The van der Waals surface area contributed by atoms with E-state index in [1.807, 2.05) is 13.8 Å². The van der Waals surface area contributed by atoms with Crippen molar-refractivity contribution in [2.75, 3.05) is 6.61 Å². The molecular formula is C23H24ClF3O3. The fourth-order valence-corrected chi connectivity index (χ4v) is 3.69. The van der Waals surface area contributed by atoms with Gasteiger partial charge in [-0.15, -0.1) is 0 Å². The summed E-state index contributed by atoms with van der Waals surface area (Å²) in [4.78, 5) is 11.8. The van der Waals surface area contributed by atoms with Gasteiger partial charge in [-0.3, -0.25) is 4.79 Å². The largest absolute Gasteiger partial charge is 0.493 e. The van der Waals surface area contributed by atoms with Crippen molar-refractivity contribution in [1.82, 2.24) is 0 Å². The van der Waals surface area contributed by atoms with Gasteiger partial charge in [-0.05, 0) is 66.5 Å². The fourth-order valence-electron chi connectivity index (χ4n) is 3.37. The topological polar surface area (TPSA) is 46.5 Å². The second-order valence-electron chi connectivity index (χ2n) is 8.23. The highest BCUT2D eigenvalue weighted by Gasteiger charge is 2.31. The lowest BCUT2D eigenvalue weighted by Crippen LogP contribution is -2.14. The quantitative estimate of drug-likeness (QED) is 0.479. The van der Waals surface area contributed by atoms with Crippen molar-refractivity contribution >= 4 is 17.6 Å². The number of hydrogen-bond donors (Lipinski definition) is 1. The van der Waals surface area contributed by atoms with Crippen molar-refractivity contribution < 1.29 is 27.8 Å². The third-order valence-corrected chi connectivity index (χ3v) is 5.45. The molecule has 3 rings (SSSR count). The maximum absolute atomic E-state index is 12.9. The highest BCUT2D eigenvalue weighted by molar-refractivity contribution is 6.33. The van der Waals surface area contributed by atoms with Gasteiger partial charge in [0.25, 0.3) is 0 Å². The van der Waals surface area contributed by atoms with E-state index in [0.29, 0.717) is 41.4 Å². The summed E-state index contributed by atoms with van der Waals surface area (Å²) >= 11 is 6.52. The molecule has 1 aliphatic rings. The molecule has 3 nitrogen and oxygen atoms in total. The van der Waals surface area contributed by atoms with E-state index in [-0.39, 0.29) is 10.9 Å². The van der Waals surface area contributed by atoms with Crippen molar-refractivity contribution in [3.05, 3.63) is 52.5 Å². The molecule has 2 aromatic carbocycles. The molecule has 0 saturated heterocycles. The Kier molecular flexibility index (Phi) is 6.65. The molecular weight excluding hydrogens is 417 g/mol. The number of carboxylic acid groups (broad SMARTS) is 1. The van der Waals surface area contributed by atoms with Crippen LogP contribution in [0.1, 0.15) is 50.2 Å². The summed E-state index contributed by atoms with van der Waals surface area (Å²) in [5.41, 5.74) is 0.745. The minimum atomic E-state index is -4.43. The van der Waals surface area contributed by atoms with Crippen LogP contribution in [0.5, 0.6) is 5.75 Å². The van der Waals surface area contributed by atoms with Gasteiger partial charge in [-0.2, -0.15) is 13.2 Å². The number of ether oxygens (including phenoxy) is 1. The number of alkyl halides is 3. The number of hydrogen-bond acceptors (Lipinski definition) is 2. The lowest BCUT2D eigenvalue weighted by Gasteiger charge is -2.20. The molecule has 0 aromatic heterocycles. The molecule has 0 bridgehead atoms. The van der Waals surface area contributed by atoms with Crippen molar-refractivity contribution in [3.8, 4) is 16.9 Å². The van der Waals surface area contributed by atoms with Crippen molar-refractivity contribution in [2.24, 2.45) is 11.8 Å². The summed E-state index contributed by atoms with van der Waals surface area (Å²) in [6.07, 6.45) is -1.86. The molecule has 1 unspecified atom stereocenters. The van der Waals surface area contributed by atoms with Gasteiger partial charge in [-0.25, -0.2) is 0 Å². The normalized spacial score (nSPS) is 15.3. The van der Waals surface area contributed by atoms with E-state index in [9.17, 15) is 23.1 Å². The first-order chi connectivity index (χ1) is 14.1. The summed E-state index contributed by atoms with van der Waals surface area (Å²) in [5.74, 6) is -0.684. The van der Waals surface area contributed by atoms with E-state index in [4.69, 9.17) is 16.3 Å². The number of benzene rings is 2. The van der Waals surface area contributed by atoms with Crippen LogP contribution in [-0.2, 0) is 11.0 Å². The van der Waals surface area contributed by atoms with Crippen molar-refractivity contribution in [3.63, 3.8) is 0 Å². The Morgan fingerprint density at radius 1 is 1.20 bits per heavy atom. The maximum Gasteiger partial charge on any atom is 0.416 e. The molecule has 30 heavy (non-hydrogen) atoms. The molecule has 1 atom stereocenters. The number of halogens is 4. The summed E-state index contributed by atoms with van der Waals surface area (Å²) in [7, 11) is 0. The van der Waals surface area contributed by atoms with E-state index in [0.717, 1.165) is 25.0 Å². The van der Waals surface area contributed by atoms with Crippen LogP contribution in [0, 0.1) is 11.8 Å². The van der Waals surface area contributed by atoms with Crippen LogP contribution >= 0.6 is 11.6 Å². The molecule has 162 valence electrons. The van der Waals surface area contributed by atoms with Gasteiger partial charge in [0, 0.05) is 5.56 Å². The van der Waals surface area contributed by atoms with Gasteiger partial charge in [0.1, 0.15) is 5.75 Å². The SMILES string of the molecule is CC(C)CC(C(=O)O)c1cc(Cl)c(-c2ccc(C(F)(F)F)cc2)c(OCC2CC2)c1. The Morgan fingerprint density at radius 3 is 2.33 bits per heavy atom. The molecule has 1 aliphatic carbocycles. The van der Waals surface area contributed by atoms with Crippen LogP contribution in [0.25, 0.3) is 11.1 Å². The van der Waals surface area contributed by atoms with E-state index in [2.05, 4.69) is 0 Å². The highest BCUT2D eigenvalue weighted by atomic mass is 35.5. The average molecular weight is 441 g/mol. The minimum Gasteiger partial charge on any atom is -0.493 e. The van der Waals surface area contributed by atoms with Gasteiger partial charge in [0.15, 0.2) is 0 Å². The smallest absolute Gasteiger partial charge is 0.416 e. The molecule has 0 amide bonds. The molecule has 0 radical (unpaired) electrons. The molecule has 1 fully saturated rings. The highest BCUT2D eigenvalue weighted by Crippen LogP contribution is 2.42. The Balaban J connectivity index is 2.03. The predicted molar refractivity (Wildman–Crippen MR) is 110 cm³/mol. The van der Waals surface area contributed by atoms with E-state index in [1.54, 1.807) is 12.1 Å². The summed E-state index contributed by atoms with van der Waals surface area (Å²) < 4.78 is 44.7. The molecule has 2 aromatic rings. The van der Waals surface area contributed by atoms with E-state index >= 15 is 0 Å². The average Bonchev–Trinajstić information content (AvgIpc) is 3.47. The zero-order valence-corrected chi connectivity index (χ0v) is 17.6. The zero-order chi connectivity index (χ0) is 22.1. The zero-order valence-electron chi connectivity index (χ0n) is 16.8. The van der Waals surface area contributed by atoms with Gasteiger partial charge in [0.2, 0.25) is 0 Å². The lowest BCUT2D eigenvalue weighted by molar-refractivity contribution is -0.139. The third-order valence-electron chi connectivity index (χ3n) is 5.16.